The van der Waals surface area contributed by atoms with Crippen LogP contribution in [-0.2, 0) is 13.0 Å². The van der Waals surface area contributed by atoms with Crippen molar-refractivity contribution >= 4 is 0 Å². The molecule has 0 fully saturated rings. The van der Waals surface area contributed by atoms with Crippen LogP contribution in [0, 0.1) is 0 Å². The van der Waals surface area contributed by atoms with Crippen LogP contribution < -0.4 is 5.32 Å². The minimum atomic E-state index is -4.15. The quantitative estimate of drug-likeness (QED) is 0.710. The summed E-state index contributed by atoms with van der Waals surface area (Å²) in [5.41, 5.74) is 3.37. The second kappa shape index (κ2) is 8.83. The Labute approximate surface area is 141 Å². The molecule has 136 valence electrons. The van der Waals surface area contributed by atoms with Gasteiger partial charge in [-0.2, -0.15) is 13.2 Å². The summed E-state index contributed by atoms with van der Waals surface area (Å²) in [6.45, 7) is 3.29. The summed E-state index contributed by atoms with van der Waals surface area (Å²) in [5.74, 6) is 0. The molecule has 1 aromatic rings. The van der Waals surface area contributed by atoms with E-state index in [1.807, 2.05) is 19.1 Å². The number of fused-ring (bicyclic) bond motifs is 1. The highest BCUT2D eigenvalue weighted by atomic mass is 19.4. The zero-order valence-electron chi connectivity index (χ0n) is 14.2. The second-order valence-electron chi connectivity index (χ2n) is 6.43. The maximum absolute atomic E-state index is 12.8. The van der Waals surface area contributed by atoms with E-state index in [0.29, 0.717) is 13.0 Å². The molecule has 1 aromatic carbocycles. The largest absolute Gasteiger partial charge is 0.401 e. The van der Waals surface area contributed by atoms with Crippen LogP contribution in [0.1, 0.15) is 48.9 Å². The van der Waals surface area contributed by atoms with Crippen LogP contribution in [0.5, 0.6) is 0 Å². The zero-order valence-corrected chi connectivity index (χ0v) is 14.2. The smallest absolute Gasteiger partial charge is 0.396 e. The third-order valence-electron chi connectivity index (χ3n) is 4.46. The normalized spacial score (nSPS) is 18.6. The minimum absolute atomic E-state index is 0.142. The first kappa shape index (κ1) is 19.2. The van der Waals surface area contributed by atoms with Crippen LogP contribution in [0.3, 0.4) is 0 Å². The average Bonchev–Trinajstić information content (AvgIpc) is 2.52. The van der Waals surface area contributed by atoms with Gasteiger partial charge in [0.15, 0.2) is 0 Å². The van der Waals surface area contributed by atoms with E-state index in [9.17, 15) is 13.2 Å². The van der Waals surface area contributed by atoms with E-state index in [1.165, 1.54) is 5.56 Å². The highest BCUT2D eigenvalue weighted by Gasteiger charge is 2.36. The number of benzene rings is 1. The van der Waals surface area contributed by atoms with E-state index in [0.717, 1.165) is 43.5 Å². The minimum Gasteiger partial charge on any atom is -0.396 e. The van der Waals surface area contributed by atoms with Crippen LogP contribution in [0.25, 0.3) is 0 Å². The van der Waals surface area contributed by atoms with E-state index >= 15 is 0 Å². The highest BCUT2D eigenvalue weighted by Crippen LogP contribution is 2.35. The fourth-order valence-corrected chi connectivity index (χ4v) is 3.40. The third-order valence-corrected chi connectivity index (χ3v) is 4.46. The molecule has 0 spiro atoms. The Morgan fingerprint density at radius 3 is 2.79 bits per heavy atom. The van der Waals surface area contributed by atoms with E-state index in [1.54, 1.807) is 4.90 Å². The van der Waals surface area contributed by atoms with Crippen molar-refractivity contribution in [2.75, 3.05) is 26.2 Å². The molecule has 2 N–H and O–H groups in total. The Kier molecular flexibility index (Phi) is 7.07. The molecule has 0 aliphatic carbocycles. The van der Waals surface area contributed by atoms with Crippen molar-refractivity contribution in [3.8, 4) is 0 Å². The number of nitrogens with zero attached hydrogens (tertiary/aromatic N) is 1. The number of aliphatic hydroxyl groups is 1. The van der Waals surface area contributed by atoms with E-state index < -0.39 is 12.7 Å². The Balaban J connectivity index is 2.10. The molecule has 0 aromatic heterocycles. The Morgan fingerprint density at radius 1 is 1.33 bits per heavy atom. The fraction of sp³-hybridized carbons (Fsp3) is 0.667. The third kappa shape index (κ3) is 5.46. The Bertz CT molecular complexity index is 519. The van der Waals surface area contributed by atoms with Gasteiger partial charge >= 0.3 is 6.18 Å². The topological polar surface area (TPSA) is 35.5 Å². The molecule has 1 unspecified atom stereocenters. The summed E-state index contributed by atoms with van der Waals surface area (Å²) in [5, 5.41) is 12.0. The van der Waals surface area contributed by atoms with Gasteiger partial charge in [0.2, 0.25) is 0 Å². The van der Waals surface area contributed by atoms with Crippen LogP contribution in [0.2, 0.25) is 0 Å². The highest BCUT2D eigenvalue weighted by molar-refractivity contribution is 5.36. The van der Waals surface area contributed by atoms with Gasteiger partial charge in [0, 0.05) is 25.7 Å². The summed E-state index contributed by atoms with van der Waals surface area (Å²) in [7, 11) is 0. The molecule has 1 aliphatic rings. The van der Waals surface area contributed by atoms with Crippen molar-refractivity contribution in [3.63, 3.8) is 0 Å². The lowest BCUT2D eigenvalue weighted by Gasteiger charge is -2.38. The van der Waals surface area contributed by atoms with Crippen molar-refractivity contribution < 1.29 is 18.3 Å². The lowest BCUT2D eigenvalue weighted by Crippen LogP contribution is -2.41. The van der Waals surface area contributed by atoms with Gasteiger partial charge in [0.05, 0.1) is 6.54 Å². The number of halogens is 3. The molecule has 0 saturated heterocycles. The molecule has 2 rings (SSSR count). The van der Waals surface area contributed by atoms with Gasteiger partial charge in [-0.1, -0.05) is 31.5 Å². The molecule has 0 amide bonds. The molecule has 1 heterocycles. The number of hydrogen-bond acceptors (Lipinski definition) is 3. The van der Waals surface area contributed by atoms with Crippen molar-refractivity contribution in [2.45, 2.75) is 51.4 Å². The Morgan fingerprint density at radius 2 is 2.12 bits per heavy atom. The van der Waals surface area contributed by atoms with Gasteiger partial charge in [0.1, 0.15) is 0 Å². The van der Waals surface area contributed by atoms with Crippen molar-refractivity contribution in [1.29, 1.82) is 0 Å². The van der Waals surface area contributed by atoms with Crippen LogP contribution in [0.15, 0.2) is 18.2 Å². The van der Waals surface area contributed by atoms with E-state index in [-0.39, 0.29) is 12.6 Å². The van der Waals surface area contributed by atoms with Gasteiger partial charge < -0.3 is 10.4 Å². The zero-order chi connectivity index (χ0) is 17.6. The van der Waals surface area contributed by atoms with Gasteiger partial charge in [-0.25, -0.2) is 0 Å². The van der Waals surface area contributed by atoms with Crippen molar-refractivity contribution in [2.24, 2.45) is 0 Å². The summed E-state index contributed by atoms with van der Waals surface area (Å²) in [4.78, 5) is 1.57. The van der Waals surface area contributed by atoms with Crippen molar-refractivity contribution in [3.05, 3.63) is 34.9 Å². The van der Waals surface area contributed by atoms with Crippen molar-refractivity contribution in [1.82, 2.24) is 10.2 Å². The fourth-order valence-electron chi connectivity index (χ4n) is 3.40. The SMILES string of the molecule is CCCC1c2ccc(CNCCCO)cc2CCN1CC(F)(F)F. The predicted octanol–water partition coefficient (Wildman–Crippen LogP) is 3.42. The maximum Gasteiger partial charge on any atom is 0.401 e. The molecular weight excluding hydrogens is 317 g/mol. The first-order chi connectivity index (χ1) is 11.4. The standard InChI is InChI=1S/C18H27F3N2O/c1-2-4-17-16-6-5-14(12-22-8-3-10-24)11-15(16)7-9-23(17)13-18(19,20)21/h5-6,11,17,22,24H,2-4,7-10,12-13H2,1H3. The van der Waals surface area contributed by atoms with Gasteiger partial charge in [-0.05, 0) is 42.5 Å². The number of aliphatic hydroxyl groups excluding tert-OH is 1. The molecule has 1 atom stereocenters. The van der Waals surface area contributed by atoms with Crippen LogP contribution >= 0.6 is 0 Å². The maximum atomic E-state index is 12.8. The van der Waals surface area contributed by atoms with E-state index in [2.05, 4.69) is 11.4 Å². The monoisotopic (exact) mass is 344 g/mol. The van der Waals surface area contributed by atoms with E-state index in [4.69, 9.17) is 5.11 Å². The molecule has 0 radical (unpaired) electrons. The average molecular weight is 344 g/mol. The molecular formula is C18H27F3N2O. The number of hydrogen-bond donors (Lipinski definition) is 2. The summed E-state index contributed by atoms with van der Waals surface area (Å²) >= 11 is 0. The van der Waals surface area contributed by atoms with Crippen LogP contribution in [0.4, 0.5) is 13.2 Å². The molecule has 24 heavy (non-hydrogen) atoms. The number of alkyl halides is 3. The van der Waals surface area contributed by atoms with Gasteiger partial charge in [-0.15, -0.1) is 0 Å². The van der Waals surface area contributed by atoms with Gasteiger partial charge in [0.25, 0.3) is 0 Å². The summed E-state index contributed by atoms with van der Waals surface area (Å²) in [6.07, 6.45) is -1.16. The number of rotatable bonds is 8. The number of nitrogens with one attached hydrogen (secondary N) is 1. The first-order valence-electron chi connectivity index (χ1n) is 8.68. The summed E-state index contributed by atoms with van der Waals surface area (Å²) < 4.78 is 38.5. The summed E-state index contributed by atoms with van der Waals surface area (Å²) in [6, 6.07) is 5.98. The van der Waals surface area contributed by atoms with Gasteiger partial charge in [-0.3, -0.25) is 4.90 Å². The lowest BCUT2D eigenvalue weighted by molar-refractivity contribution is -0.152. The first-order valence-corrected chi connectivity index (χ1v) is 8.68. The van der Waals surface area contributed by atoms with Crippen LogP contribution in [-0.4, -0.2) is 42.4 Å². The lowest BCUT2D eigenvalue weighted by atomic mass is 9.88. The molecule has 6 heteroatoms. The molecule has 0 saturated carbocycles. The predicted molar refractivity (Wildman–Crippen MR) is 88.8 cm³/mol. The second-order valence-corrected chi connectivity index (χ2v) is 6.43. The molecule has 1 aliphatic heterocycles. The molecule has 3 nitrogen and oxygen atoms in total. The molecule has 0 bridgehead atoms. The Hall–Kier alpha value is -1.11.